The fourth-order valence-corrected chi connectivity index (χ4v) is 2.17. The molecule has 114 valence electrons. The van der Waals surface area contributed by atoms with Crippen LogP contribution in [0.3, 0.4) is 0 Å². The largest absolute Gasteiger partial charge is 0.370 e. The minimum Gasteiger partial charge on any atom is -0.370 e. The predicted octanol–water partition coefficient (Wildman–Crippen LogP) is 3.00. The number of anilines is 1. The second-order valence-corrected chi connectivity index (χ2v) is 5.21. The molecule has 0 aliphatic heterocycles. The van der Waals surface area contributed by atoms with Crippen molar-refractivity contribution in [2.24, 2.45) is 5.73 Å². The number of rotatable bonds is 4. The molecule has 3 amide bonds. The number of hydrogen-bond donors (Lipinski definition) is 3. The van der Waals surface area contributed by atoms with Crippen LogP contribution in [0.1, 0.15) is 17.2 Å². The fourth-order valence-electron chi connectivity index (χ4n) is 1.99. The molecule has 0 aliphatic rings. The van der Waals surface area contributed by atoms with Gasteiger partial charge in [0.1, 0.15) is 6.04 Å². The van der Waals surface area contributed by atoms with Crippen LogP contribution in [0.25, 0.3) is 0 Å². The highest BCUT2D eigenvalue weighted by Gasteiger charge is 2.21. The molecule has 2 aromatic rings. The molecule has 4 N–H and O–H groups in total. The molecule has 1 atom stereocenters. The normalized spacial score (nSPS) is 11.5. The van der Waals surface area contributed by atoms with Crippen molar-refractivity contribution in [3.05, 3.63) is 64.7 Å². The summed E-state index contributed by atoms with van der Waals surface area (Å²) in [5.41, 5.74) is 7.34. The predicted molar refractivity (Wildman–Crippen MR) is 86.7 cm³/mol. The first-order chi connectivity index (χ1) is 10.5. The van der Waals surface area contributed by atoms with Gasteiger partial charge in [0.25, 0.3) is 5.91 Å². The third kappa shape index (κ3) is 3.99. The van der Waals surface area contributed by atoms with Gasteiger partial charge >= 0.3 is 6.03 Å². The molecule has 5 nitrogen and oxygen atoms in total. The maximum absolute atomic E-state index is 12.2. The summed E-state index contributed by atoms with van der Waals surface area (Å²) in [5, 5.41) is 5.75. The van der Waals surface area contributed by atoms with E-state index in [-0.39, 0.29) is 0 Å². The molecule has 2 rings (SSSR count). The minimum absolute atomic E-state index is 0.532. The van der Waals surface area contributed by atoms with Gasteiger partial charge in [0, 0.05) is 10.7 Å². The molecule has 0 saturated carbocycles. The highest BCUT2D eigenvalue weighted by Crippen LogP contribution is 2.24. The first kappa shape index (κ1) is 15.9. The van der Waals surface area contributed by atoms with E-state index in [0.29, 0.717) is 16.3 Å². The summed E-state index contributed by atoms with van der Waals surface area (Å²) in [6.07, 6.45) is 0. The highest BCUT2D eigenvalue weighted by atomic mass is 35.5. The first-order valence-corrected chi connectivity index (χ1v) is 7.03. The lowest BCUT2D eigenvalue weighted by atomic mass is 10.1. The van der Waals surface area contributed by atoms with Gasteiger partial charge in [-0.15, -0.1) is 0 Å². The van der Waals surface area contributed by atoms with Crippen LogP contribution in [0.2, 0.25) is 5.02 Å². The van der Waals surface area contributed by atoms with E-state index in [1.165, 1.54) is 0 Å². The Morgan fingerprint density at radius 3 is 2.41 bits per heavy atom. The van der Waals surface area contributed by atoms with Gasteiger partial charge < -0.3 is 11.1 Å². The van der Waals surface area contributed by atoms with Gasteiger partial charge in [0.2, 0.25) is 0 Å². The monoisotopic (exact) mass is 317 g/mol. The lowest BCUT2D eigenvalue weighted by molar-refractivity contribution is -0.120. The van der Waals surface area contributed by atoms with Crippen LogP contribution in [0.4, 0.5) is 10.5 Å². The number of nitrogens with one attached hydrogen (secondary N) is 2. The number of halogens is 1. The average Bonchev–Trinajstić information content (AvgIpc) is 2.48. The van der Waals surface area contributed by atoms with Gasteiger partial charge in [-0.05, 0) is 30.2 Å². The number of carbonyl (C=O) groups is 2. The van der Waals surface area contributed by atoms with E-state index >= 15 is 0 Å². The Morgan fingerprint density at radius 1 is 1.14 bits per heavy atom. The molecule has 0 spiro atoms. The van der Waals surface area contributed by atoms with Gasteiger partial charge in [0.15, 0.2) is 0 Å². The van der Waals surface area contributed by atoms with Crippen LogP contribution in [-0.2, 0) is 4.79 Å². The molecule has 0 bridgehead atoms. The number of benzene rings is 2. The number of amides is 3. The fraction of sp³-hybridized carbons (Fsp3) is 0.125. The van der Waals surface area contributed by atoms with Gasteiger partial charge in [-0.25, -0.2) is 4.79 Å². The van der Waals surface area contributed by atoms with Crippen molar-refractivity contribution in [2.45, 2.75) is 13.0 Å². The third-order valence-electron chi connectivity index (χ3n) is 3.12. The van der Waals surface area contributed by atoms with E-state index < -0.39 is 18.0 Å². The van der Waals surface area contributed by atoms with E-state index in [1.54, 1.807) is 18.2 Å². The lowest BCUT2D eigenvalue weighted by Gasteiger charge is -2.19. The molecule has 0 saturated heterocycles. The molecule has 0 fully saturated rings. The lowest BCUT2D eigenvalue weighted by Crippen LogP contribution is -2.40. The van der Waals surface area contributed by atoms with Crippen molar-refractivity contribution in [3.8, 4) is 0 Å². The van der Waals surface area contributed by atoms with Crippen LogP contribution in [0.5, 0.6) is 0 Å². The second-order valence-electron chi connectivity index (χ2n) is 4.81. The van der Waals surface area contributed by atoms with Crippen molar-refractivity contribution in [1.29, 1.82) is 0 Å². The van der Waals surface area contributed by atoms with Crippen molar-refractivity contribution >= 4 is 29.2 Å². The quantitative estimate of drug-likeness (QED) is 0.810. The summed E-state index contributed by atoms with van der Waals surface area (Å²) in [4.78, 5) is 23.1. The van der Waals surface area contributed by atoms with Gasteiger partial charge in [-0.2, -0.15) is 0 Å². The molecule has 22 heavy (non-hydrogen) atoms. The van der Waals surface area contributed by atoms with Gasteiger partial charge in [0.05, 0.1) is 0 Å². The highest BCUT2D eigenvalue weighted by molar-refractivity contribution is 6.31. The molecule has 2 aromatic carbocycles. The number of aryl methyl sites for hydroxylation is 1. The van der Waals surface area contributed by atoms with Crippen LogP contribution >= 0.6 is 11.6 Å². The Bertz CT molecular complexity index is 689. The molecule has 0 heterocycles. The zero-order valence-corrected chi connectivity index (χ0v) is 12.7. The van der Waals surface area contributed by atoms with E-state index in [0.717, 1.165) is 5.56 Å². The van der Waals surface area contributed by atoms with E-state index in [2.05, 4.69) is 10.6 Å². The van der Waals surface area contributed by atoms with E-state index in [9.17, 15) is 9.59 Å². The molecule has 0 unspecified atom stereocenters. The van der Waals surface area contributed by atoms with Crippen LogP contribution in [0.15, 0.2) is 48.5 Å². The topological polar surface area (TPSA) is 84.2 Å². The summed E-state index contributed by atoms with van der Waals surface area (Å²) >= 11 is 6.09. The van der Waals surface area contributed by atoms with E-state index in [1.807, 2.05) is 37.3 Å². The number of primary amides is 1. The van der Waals surface area contributed by atoms with Crippen molar-refractivity contribution < 1.29 is 9.59 Å². The summed E-state index contributed by atoms with van der Waals surface area (Å²) in [7, 11) is 0. The Morgan fingerprint density at radius 2 is 1.82 bits per heavy atom. The number of urea groups is 1. The Kier molecular flexibility index (Phi) is 5.01. The summed E-state index contributed by atoms with van der Waals surface area (Å²) in [5.74, 6) is -0.532. The standard InChI is InChI=1S/C16H16ClN3O2/c1-10-7-8-12(9-13(10)17)19-14(15(21)20-16(18)22)11-5-3-2-4-6-11/h2-9,14,19H,1H3,(H3,18,20,21,22)/t14-/m1/s1. The molecule has 0 radical (unpaired) electrons. The van der Waals surface area contributed by atoms with Gasteiger partial charge in [-0.1, -0.05) is 48.0 Å². The van der Waals surface area contributed by atoms with Crippen LogP contribution in [0, 0.1) is 6.92 Å². The SMILES string of the molecule is Cc1ccc(N[C@@H](C(=O)NC(N)=O)c2ccccc2)cc1Cl. The Hall–Kier alpha value is -2.53. The number of carbonyl (C=O) groups excluding carboxylic acids is 2. The Balaban J connectivity index is 2.30. The van der Waals surface area contributed by atoms with Crippen LogP contribution in [-0.4, -0.2) is 11.9 Å². The maximum Gasteiger partial charge on any atom is 0.318 e. The Labute approximate surface area is 133 Å². The molecule has 0 aromatic heterocycles. The first-order valence-electron chi connectivity index (χ1n) is 6.65. The van der Waals surface area contributed by atoms with Crippen molar-refractivity contribution in [1.82, 2.24) is 5.32 Å². The number of hydrogen-bond acceptors (Lipinski definition) is 3. The summed E-state index contributed by atoms with van der Waals surface area (Å²) < 4.78 is 0. The smallest absolute Gasteiger partial charge is 0.318 e. The zero-order chi connectivity index (χ0) is 16.1. The molecular weight excluding hydrogens is 302 g/mol. The summed E-state index contributed by atoms with van der Waals surface area (Å²) in [6.45, 7) is 1.89. The maximum atomic E-state index is 12.2. The number of nitrogens with two attached hydrogens (primary N) is 1. The zero-order valence-electron chi connectivity index (χ0n) is 12.0. The van der Waals surface area contributed by atoms with Crippen LogP contribution < -0.4 is 16.4 Å². The minimum atomic E-state index is -0.894. The average molecular weight is 318 g/mol. The molecular formula is C16H16ClN3O2. The van der Waals surface area contributed by atoms with E-state index in [4.69, 9.17) is 17.3 Å². The number of imide groups is 1. The molecule has 0 aliphatic carbocycles. The second kappa shape index (κ2) is 6.95. The van der Waals surface area contributed by atoms with Crippen molar-refractivity contribution in [3.63, 3.8) is 0 Å². The third-order valence-corrected chi connectivity index (χ3v) is 3.53. The summed E-state index contributed by atoms with van der Waals surface area (Å²) in [6, 6.07) is 12.8. The van der Waals surface area contributed by atoms with Gasteiger partial charge in [-0.3, -0.25) is 10.1 Å². The van der Waals surface area contributed by atoms with Crippen molar-refractivity contribution in [2.75, 3.05) is 5.32 Å². The molecule has 6 heteroatoms.